The molecule has 160 valence electrons. The minimum absolute atomic E-state index is 0.0823. The highest BCUT2D eigenvalue weighted by Crippen LogP contribution is 2.51. The van der Waals surface area contributed by atoms with Crippen molar-refractivity contribution in [2.24, 2.45) is 17.8 Å². The van der Waals surface area contributed by atoms with Crippen LogP contribution in [0.3, 0.4) is 0 Å². The maximum Gasteiger partial charge on any atom is 0.191 e. The standard InChI is InChI=1S/C25H30O5/c1-4-16-13-18-11-8-12-25(27-15-17-9-6-5-7-10-17)21(20(26)19(18)14-16)28-23-22(25)29-24(2,3)30-23/h4-11,16,18-19,21-23H,1,12-15H2,2-3H3/b11-8-/t16-,18+,19-,21+,22-,23+,25+/m0/s1. The predicted octanol–water partition coefficient (Wildman–Crippen LogP) is 4.18. The molecule has 0 amide bonds. The SMILES string of the molecule is C=C[C@H]1C[C@H]2/C=C\C[C@@]3(OCc4ccccc4)[C@H](O[C@@H]4OC(C)(C)O[C@@H]43)C(=O)[C@H]2C1. The predicted molar refractivity (Wildman–Crippen MR) is 111 cm³/mol. The van der Waals surface area contributed by atoms with Crippen LogP contribution in [0.2, 0.25) is 0 Å². The lowest BCUT2D eigenvalue weighted by molar-refractivity contribution is -0.237. The maximum atomic E-state index is 13.7. The lowest BCUT2D eigenvalue weighted by atomic mass is 9.77. The number of ketones is 1. The van der Waals surface area contributed by atoms with Crippen LogP contribution in [-0.4, -0.2) is 35.7 Å². The topological polar surface area (TPSA) is 54.0 Å². The van der Waals surface area contributed by atoms with Crippen LogP contribution in [0.5, 0.6) is 0 Å². The monoisotopic (exact) mass is 410 g/mol. The second kappa shape index (κ2) is 7.41. The van der Waals surface area contributed by atoms with Gasteiger partial charge in [0.25, 0.3) is 0 Å². The number of hydrogen-bond acceptors (Lipinski definition) is 5. The first-order valence-electron chi connectivity index (χ1n) is 10.9. The van der Waals surface area contributed by atoms with E-state index in [1.807, 2.05) is 50.3 Å². The number of carbonyl (C=O) groups excluding carboxylic acids is 1. The fourth-order valence-electron chi connectivity index (χ4n) is 5.56. The maximum absolute atomic E-state index is 13.7. The molecule has 2 saturated heterocycles. The molecule has 0 N–H and O–H groups in total. The Labute approximate surface area is 178 Å². The van der Waals surface area contributed by atoms with E-state index in [1.165, 1.54) is 0 Å². The molecule has 30 heavy (non-hydrogen) atoms. The highest BCUT2D eigenvalue weighted by Gasteiger charge is 2.67. The molecular formula is C25H30O5. The van der Waals surface area contributed by atoms with Gasteiger partial charge in [0.1, 0.15) is 11.7 Å². The number of Topliss-reactive ketones (excluding diaryl/α,β-unsaturated/α-hetero) is 1. The summed E-state index contributed by atoms with van der Waals surface area (Å²) in [6, 6.07) is 10.0. The van der Waals surface area contributed by atoms with Crippen molar-refractivity contribution in [2.75, 3.05) is 0 Å². The van der Waals surface area contributed by atoms with Gasteiger partial charge in [0.2, 0.25) is 0 Å². The Morgan fingerprint density at radius 2 is 2.00 bits per heavy atom. The summed E-state index contributed by atoms with van der Waals surface area (Å²) in [6.07, 6.45) is 6.91. The van der Waals surface area contributed by atoms with E-state index in [2.05, 4.69) is 18.7 Å². The molecule has 1 aromatic carbocycles. The molecule has 5 heteroatoms. The van der Waals surface area contributed by atoms with Crippen LogP contribution in [0.25, 0.3) is 0 Å². The van der Waals surface area contributed by atoms with E-state index >= 15 is 0 Å². The summed E-state index contributed by atoms with van der Waals surface area (Å²) in [7, 11) is 0. The van der Waals surface area contributed by atoms with E-state index in [1.54, 1.807) is 0 Å². The highest BCUT2D eigenvalue weighted by atomic mass is 16.8. The molecule has 3 fully saturated rings. The molecule has 0 unspecified atom stereocenters. The van der Waals surface area contributed by atoms with Gasteiger partial charge in [-0.3, -0.25) is 4.79 Å². The number of fused-ring (bicyclic) bond motifs is 4. The molecule has 0 radical (unpaired) electrons. The van der Waals surface area contributed by atoms with E-state index in [0.29, 0.717) is 18.9 Å². The quantitative estimate of drug-likeness (QED) is 0.697. The van der Waals surface area contributed by atoms with E-state index in [0.717, 1.165) is 18.4 Å². The van der Waals surface area contributed by atoms with Gasteiger partial charge >= 0.3 is 0 Å². The minimum Gasteiger partial charge on any atom is -0.364 e. The first kappa shape index (κ1) is 20.1. The van der Waals surface area contributed by atoms with Crippen molar-refractivity contribution >= 4 is 5.78 Å². The van der Waals surface area contributed by atoms with Crippen LogP contribution in [0.4, 0.5) is 0 Å². The molecule has 5 nitrogen and oxygen atoms in total. The average Bonchev–Trinajstić information content (AvgIpc) is 3.36. The van der Waals surface area contributed by atoms with Gasteiger partial charge in [-0.25, -0.2) is 0 Å². The lowest BCUT2D eigenvalue weighted by Gasteiger charge is -2.39. The Balaban J connectivity index is 1.50. The molecule has 1 saturated carbocycles. The number of allylic oxidation sites excluding steroid dienone is 2. The third-order valence-electron chi connectivity index (χ3n) is 7.03. The Bertz CT molecular complexity index is 846. The molecule has 0 aromatic heterocycles. The number of hydrogen-bond donors (Lipinski definition) is 0. The molecule has 2 aliphatic carbocycles. The third kappa shape index (κ3) is 3.28. The number of benzene rings is 1. The van der Waals surface area contributed by atoms with Gasteiger partial charge in [-0.05, 0) is 44.1 Å². The molecule has 4 aliphatic rings. The summed E-state index contributed by atoms with van der Waals surface area (Å²) in [5.74, 6) is -0.154. The van der Waals surface area contributed by atoms with E-state index in [4.69, 9.17) is 18.9 Å². The summed E-state index contributed by atoms with van der Waals surface area (Å²) in [4.78, 5) is 13.7. The fraction of sp³-hybridized carbons (Fsp3) is 0.560. The van der Waals surface area contributed by atoms with Gasteiger partial charge in [0, 0.05) is 12.3 Å². The Hall–Kier alpha value is -1.79. The third-order valence-corrected chi connectivity index (χ3v) is 7.03. The smallest absolute Gasteiger partial charge is 0.191 e. The summed E-state index contributed by atoms with van der Waals surface area (Å²) >= 11 is 0. The fourth-order valence-corrected chi connectivity index (χ4v) is 5.56. The zero-order valence-electron chi connectivity index (χ0n) is 17.7. The number of carbonyl (C=O) groups is 1. The van der Waals surface area contributed by atoms with E-state index in [-0.39, 0.29) is 17.6 Å². The molecule has 7 atom stereocenters. The highest BCUT2D eigenvalue weighted by molar-refractivity contribution is 5.88. The van der Waals surface area contributed by atoms with Crippen LogP contribution in [0, 0.1) is 17.8 Å². The summed E-state index contributed by atoms with van der Waals surface area (Å²) in [5, 5.41) is 0. The molecule has 0 spiro atoms. The molecule has 2 heterocycles. The van der Waals surface area contributed by atoms with E-state index in [9.17, 15) is 4.79 Å². The summed E-state index contributed by atoms with van der Waals surface area (Å²) in [6.45, 7) is 8.08. The molecular weight excluding hydrogens is 380 g/mol. The largest absolute Gasteiger partial charge is 0.364 e. The second-order valence-corrected chi connectivity index (χ2v) is 9.44. The van der Waals surface area contributed by atoms with Crippen LogP contribution < -0.4 is 0 Å². The van der Waals surface area contributed by atoms with Crippen molar-refractivity contribution in [3.63, 3.8) is 0 Å². The van der Waals surface area contributed by atoms with Gasteiger partial charge in [-0.1, -0.05) is 48.6 Å². The Morgan fingerprint density at radius 3 is 2.77 bits per heavy atom. The first-order chi connectivity index (χ1) is 14.4. The molecule has 1 aromatic rings. The van der Waals surface area contributed by atoms with Crippen LogP contribution >= 0.6 is 0 Å². The van der Waals surface area contributed by atoms with Gasteiger partial charge in [0.05, 0.1) is 6.61 Å². The summed E-state index contributed by atoms with van der Waals surface area (Å²) < 4.78 is 25.1. The van der Waals surface area contributed by atoms with Crippen molar-refractivity contribution in [1.82, 2.24) is 0 Å². The van der Waals surface area contributed by atoms with Crippen LogP contribution in [-0.2, 0) is 30.3 Å². The number of ether oxygens (including phenoxy) is 4. The first-order valence-corrected chi connectivity index (χ1v) is 10.9. The van der Waals surface area contributed by atoms with Crippen molar-refractivity contribution < 1.29 is 23.7 Å². The van der Waals surface area contributed by atoms with Crippen LogP contribution in [0.1, 0.15) is 38.7 Å². The van der Waals surface area contributed by atoms with E-state index < -0.39 is 29.9 Å². The normalized spacial score (nSPS) is 42.7. The van der Waals surface area contributed by atoms with Crippen molar-refractivity contribution in [1.29, 1.82) is 0 Å². The Morgan fingerprint density at radius 1 is 1.20 bits per heavy atom. The summed E-state index contributed by atoms with van der Waals surface area (Å²) in [5.41, 5.74) is 0.148. The van der Waals surface area contributed by atoms with Gasteiger partial charge in [-0.2, -0.15) is 0 Å². The van der Waals surface area contributed by atoms with Gasteiger partial charge in [0.15, 0.2) is 24.0 Å². The zero-order chi connectivity index (χ0) is 20.9. The number of rotatable bonds is 4. The molecule has 2 aliphatic heterocycles. The van der Waals surface area contributed by atoms with Crippen molar-refractivity contribution in [2.45, 2.75) is 69.6 Å². The molecule has 5 rings (SSSR count). The van der Waals surface area contributed by atoms with Crippen molar-refractivity contribution in [3.05, 3.63) is 60.7 Å². The van der Waals surface area contributed by atoms with Crippen LogP contribution in [0.15, 0.2) is 55.1 Å². The lowest BCUT2D eigenvalue weighted by Crippen LogP contribution is -2.55. The van der Waals surface area contributed by atoms with Gasteiger partial charge < -0.3 is 18.9 Å². The Kier molecular flexibility index (Phi) is 4.98. The zero-order valence-corrected chi connectivity index (χ0v) is 17.7. The van der Waals surface area contributed by atoms with Gasteiger partial charge in [-0.15, -0.1) is 6.58 Å². The van der Waals surface area contributed by atoms with Crippen molar-refractivity contribution in [3.8, 4) is 0 Å². The second-order valence-electron chi connectivity index (χ2n) is 9.44. The minimum atomic E-state index is -0.904. The average molecular weight is 411 g/mol. The molecule has 0 bridgehead atoms.